The summed E-state index contributed by atoms with van der Waals surface area (Å²) in [5.41, 5.74) is 5.29. The molecule has 0 atom stereocenters. The summed E-state index contributed by atoms with van der Waals surface area (Å²) >= 11 is 0. The monoisotopic (exact) mass is 266 g/mol. The van der Waals surface area contributed by atoms with Crippen molar-refractivity contribution in [1.29, 1.82) is 0 Å². The van der Waals surface area contributed by atoms with Gasteiger partial charge in [-0.05, 0) is 12.8 Å². The highest BCUT2D eigenvalue weighted by Crippen LogP contribution is 1.99. The fraction of sp³-hybridized carbons (Fsp3) is 0.889. The molecule has 7 nitrogen and oxygen atoms in total. The molecule has 0 radical (unpaired) electrons. The molecule has 0 fully saturated rings. The Labute approximate surface area is 103 Å². The highest BCUT2D eigenvalue weighted by atomic mass is 32.2. The van der Waals surface area contributed by atoms with Crippen molar-refractivity contribution in [1.82, 2.24) is 9.03 Å². The van der Waals surface area contributed by atoms with E-state index in [4.69, 9.17) is 10.9 Å². The maximum atomic E-state index is 11.7. The van der Waals surface area contributed by atoms with E-state index in [9.17, 15) is 8.42 Å². The lowest BCUT2D eigenvalue weighted by Gasteiger charge is -2.18. The molecular weight excluding hydrogens is 244 g/mol. The van der Waals surface area contributed by atoms with Gasteiger partial charge in [0, 0.05) is 26.1 Å². The summed E-state index contributed by atoms with van der Waals surface area (Å²) in [6.45, 7) is 4.85. The number of nitrogens with two attached hydrogens (primary N) is 1. The van der Waals surface area contributed by atoms with E-state index >= 15 is 0 Å². The SMILES string of the molecule is CCN(CC)S(=O)(=O)NCCCCC(N)=NO. The highest BCUT2D eigenvalue weighted by Gasteiger charge is 2.16. The number of hydrogen-bond acceptors (Lipinski definition) is 4. The average molecular weight is 266 g/mol. The second kappa shape index (κ2) is 8.26. The Kier molecular flexibility index (Phi) is 7.85. The molecule has 0 aliphatic heterocycles. The Morgan fingerprint density at radius 1 is 1.35 bits per heavy atom. The number of nitrogens with one attached hydrogen (secondary N) is 1. The molecule has 0 bridgehead atoms. The van der Waals surface area contributed by atoms with E-state index in [1.54, 1.807) is 13.8 Å². The third kappa shape index (κ3) is 6.44. The van der Waals surface area contributed by atoms with Crippen LogP contribution in [0.25, 0.3) is 0 Å². The van der Waals surface area contributed by atoms with Crippen LogP contribution in [0, 0.1) is 0 Å². The number of oxime groups is 1. The maximum absolute atomic E-state index is 11.7. The van der Waals surface area contributed by atoms with E-state index in [1.165, 1.54) is 4.31 Å². The van der Waals surface area contributed by atoms with Gasteiger partial charge in [0.2, 0.25) is 0 Å². The zero-order chi connectivity index (χ0) is 13.3. The second-order valence-corrected chi connectivity index (χ2v) is 5.29. The summed E-state index contributed by atoms with van der Waals surface area (Å²) < 4.78 is 27.2. The quantitative estimate of drug-likeness (QED) is 0.180. The van der Waals surface area contributed by atoms with Crippen molar-refractivity contribution in [3.05, 3.63) is 0 Å². The molecule has 0 amide bonds. The summed E-state index contributed by atoms with van der Waals surface area (Å²) in [7, 11) is -3.36. The molecule has 0 saturated carbocycles. The zero-order valence-corrected chi connectivity index (χ0v) is 11.2. The predicted octanol–water partition coefficient (Wildman–Crippen LogP) is 0.0793. The normalized spacial score (nSPS) is 13.2. The van der Waals surface area contributed by atoms with Crippen LogP contribution in [-0.2, 0) is 10.2 Å². The van der Waals surface area contributed by atoms with Crippen molar-refractivity contribution in [3.8, 4) is 0 Å². The summed E-state index contributed by atoms with van der Waals surface area (Å²) in [5, 5.41) is 11.1. The molecule has 0 aromatic rings. The van der Waals surface area contributed by atoms with Gasteiger partial charge >= 0.3 is 0 Å². The van der Waals surface area contributed by atoms with Crippen LogP contribution in [0.3, 0.4) is 0 Å². The van der Waals surface area contributed by atoms with Gasteiger partial charge in [0.15, 0.2) is 0 Å². The molecule has 0 saturated heterocycles. The first-order chi connectivity index (χ1) is 7.97. The van der Waals surface area contributed by atoms with E-state index in [0.717, 1.165) is 0 Å². The minimum absolute atomic E-state index is 0.164. The van der Waals surface area contributed by atoms with Gasteiger partial charge in [-0.2, -0.15) is 12.7 Å². The van der Waals surface area contributed by atoms with Crippen LogP contribution in [0.15, 0.2) is 5.16 Å². The van der Waals surface area contributed by atoms with Crippen LogP contribution < -0.4 is 10.5 Å². The van der Waals surface area contributed by atoms with Gasteiger partial charge in [-0.3, -0.25) is 0 Å². The van der Waals surface area contributed by atoms with Gasteiger partial charge in [-0.25, -0.2) is 4.72 Å². The summed E-state index contributed by atoms with van der Waals surface area (Å²) in [6.07, 6.45) is 1.79. The molecule has 0 aliphatic carbocycles. The van der Waals surface area contributed by atoms with Crippen LogP contribution in [-0.4, -0.2) is 43.4 Å². The smallest absolute Gasteiger partial charge is 0.279 e. The van der Waals surface area contributed by atoms with E-state index in [0.29, 0.717) is 38.9 Å². The lowest BCUT2D eigenvalue weighted by molar-refractivity contribution is 0.316. The van der Waals surface area contributed by atoms with Crippen LogP contribution in [0.1, 0.15) is 33.1 Å². The van der Waals surface area contributed by atoms with Gasteiger partial charge < -0.3 is 10.9 Å². The van der Waals surface area contributed by atoms with Crippen LogP contribution >= 0.6 is 0 Å². The number of unbranched alkanes of at least 4 members (excludes halogenated alkanes) is 1. The van der Waals surface area contributed by atoms with Crippen molar-refractivity contribution in [2.75, 3.05) is 19.6 Å². The van der Waals surface area contributed by atoms with Gasteiger partial charge in [-0.15, -0.1) is 0 Å². The van der Waals surface area contributed by atoms with Crippen molar-refractivity contribution < 1.29 is 13.6 Å². The van der Waals surface area contributed by atoms with Gasteiger partial charge in [-0.1, -0.05) is 19.0 Å². The van der Waals surface area contributed by atoms with E-state index in [2.05, 4.69) is 9.88 Å². The van der Waals surface area contributed by atoms with Gasteiger partial charge in [0.25, 0.3) is 10.2 Å². The van der Waals surface area contributed by atoms with Gasteiger partial charge in [0.05, 0.1) is 0 Å². The van der Waals surface area contributed by atoms with Crippen LogP contribution in [0.5, 0.6) is 0 Å². The van der Waals surface area contributed by atoms with Crippen LogP contribution in [0.2, 0.25) is 0 Å². The van der Waals surface area contributed by atoms with Gasteiger partial charge in [0.1, 0.15) is 5.84 Å². The third-order valence-corrected chi connectivity index (χ3v) is 4.08. The average Bonchev–Trinajstić information content (AvgIpc) is 2.29. The van der Waals surface area contributed by atoms with Crippen molar-refractivity contribution in [3.63, 3.8) is 0 Å². The van der Waals surface area contributed by atoms with Crippen molar-refractivity contribution in [2.24, 2.45) is 10.9 Å². The Morgan fingerprint density at radius 3 is 2.41 bits per heavy atom. The zero-order valence-electron chi connectivity index (χ0n) is 10.4. The fourth-order valence-electron chi connectivity index (χ4n) is 1.34. The topological polar surface area (TPSA) is 108 Å². The molecule has 0 aliphatic rings. The molecule has 0 rings (SSSR count). The Balaban J connectivity index is 3.88. The lowest BCUT2D eigenvalue weighted by Crippen LogP contribution is -2.40. The van der Waals surface area contributed by atoms with Crippen molar-refractivity contribution in [2.45, 2.75) is 33.1 Å². The molecule has 102 valence electrons. The molecular formula is C9H22N4O3S. The largest absolute Gasteiger partial charge is 0.409 e. The lowest BCUT2D eigenvalue weighted by atomic mass is 10.2. The summed E-state index contributed by atoms with van der Waals surface area (Å²) in [4.78, 5) is 0. The Hall–Kier alpha value is -0.860. The van der Waals surface area contributed by atoms with E-state index < -0.39 is 10.2 Å². The number of hydrogen-bond donors (Lipinski definition) is 3. The highest BCUT2D eigenvalue weighted by molar-refractivity contribution is 7.87. The molecule has 0 heterocycles. The van der Waals surface area contributed by atoms with E-state index in [1.807, 2.05) is 0 Å². The Morgan fingerprint density at radius 2 is 1.94 bits per heavy atom. The molecule has 4 N–H and O–H groups in total. The minimum Gasteiger partial charge on any atom is -0.409 e. The number of rotatable bonds is 9. The fourth-order valence-corrected chi connectivity index (χ4v) is 2.60. The standard InChI is InChI=1S/C9H22N4O3S/c1-3-13(4-2)17(15,16)11-8-6-5-7-9(10)12-14/h11,14H,3-8H2,1-2H3,(H2,10,12). The molecule has 17 heavy (non-hydrogen) atoms. The van der Waals surface area contributed by atoms with E-state index in [-0.39, 0.29) is 5.84 Å². The number of nitrogens with zero attached hydrogens (tertiary/aromatic N) is 2. The Bertz CT molecular complexity index is 325. The molecule has 8 heteroatoms. The first-order valence-electron chi connectivity index (χ1n) is 5.69. The van der Waals surface area contributed by atoms with Crippen LogP contribution in [0.4, 0.5) is 0 Å². The minimum atomic E-state index is -3.36. The third-order valence-electron chi connectivity index (χ3n) is 2.32. The predicted molar refractivity (Wildman–Crippen MR) is 67.1 cm³/mol. The molecule has 0 spiro atoms. The molecule has 0 aromatic carbocycles. The van der Waals surface area contributed by atoms with Crippen molar-refractivity contribution >= 4 is 16.0 Å². The number of amidine groups is 1. The maximum Gasteiger partial charge on any atom is 0.279 e. The first-order valence-corrected chi connectivity index (χ1v) is 7.13. The summed E-state index contributed by atoms with van der Waals surface area (Å²) in [5.74, 6) is 0.164. The molecule has 0 unspecified atom stereocenters. The summed E-state index contributed by atoms with van der Waals surface area (Å²) in [6, 6.07) is 0. The first kappa shape index (κ1) is 16.1. The molecule has 0 aromatic heterocycles. The second-order valence-electron chi connectivity index (χ2n) is 3.53.